The van der Waals surface area contributed by atoms with E-state index >= 15 is 0 Å². The van der Waals surface area contributed by atoms with Gasteiger partial charge in [0.25, 0.3) is 0 Å². The molecule has 0 atom stereocenters. The smallest absolute Gasteiger partial charge is 0.224 e. The number of hydrogen-bond donors (Lipinski definition) is 2. The summed E-state index contributed by atoms with van der Waals surface area (Å²) in [5.41, 5.74) is 6.79. The first-order valence-electron chi connectivity index (χ1n) is 6.19. The van der Waals surface area contributed by atoms with Crippen LogP contribution in [0.15, 0.2) is 18.2 Å². The first-order valence-corrected chi connectivity index (χ1v) is 7.62. The van der Waals surface area contributed by atoms with Gasteiger partial charge in [0.1, 0.15) is 0 Å². The Morgan fingerprint density at radius 1 is 1.53 bits per heavy atom. The average Bonchev–Trinajstić information content (AvgIpc) is 2.30. The minimum absolute atomic E-state index is 0.0165. The Hall–Kier alpha value is -0.910. The van der Waals surface area contributed by atoms with E-state index in [2.05, 4.69) is 5.32 Å². The molecule has 0 aromatic heterocycles. The third-order valence-corrected chi connectivity index (χ3v) is 4.36. The second-order valence-electron chi connectivity index (χ2n) is 4.42. The summed E-state index contributed by atoms with van der Waals surface area (Å²) in [7, 11) is 0. The molecule has 1 heterocycles. The molecule has 1 amide bonds. The van der Waals surface area contributed by atoms with E-state index in [0.717, 1.165) is 25.4 Å². The third-order valence-electron chi connectivity index (χ3n) is 2.78. The number of nitrogen functional groups attached to an aromatic ring is 1. The number of nitrogens with one attached hydrogen (secondary N) is 1. The SMILES string of the molecule is Nc1ccc(NC(=O)CCCSC2COC2)c(Cl)c1. The number of amides is 1. The highest BCUT2D eigenvalue weighted by Crippen LogP contribution is 2.24. The molecule has 0 spiro atoms. The minimum Gasteiger partial charge on any atom is -0.399 e. The maximum absolute atomic E-state index is 11.7. The van der Waals surface area contributed by atoms with Crippen LogP contribution in [-0.4, -0.2) is 30.1 Å². The number of ether oxygens (including phenoxy) is 1. The van der Waals surface area contributed by atoms with Crippen LogP contribution in [0.5, 0.6) is 0 Å². The maximum atomic E-state index is 11.7. The van der Waals surface area contributed by atoms with Crippen LogP contribution in [0.25, 0.3) is 0 Å². The molecule has 1 aromatic rings. The van der Waals surface area contributed by atoms with Gasteiger partial charge in [-0.15, -0.1) is 0 Å². The fourth-order valence-electron chi connectivity index (χ4n) is 1.64. The highest BCUT2D eigenvalue weighted by atomic mass is 35.5. The Balaban J connectivity index is 1.68. The molecule has 0 radical (unpaired) electrons. The highest BCUT2D eigenvalue weighted by molar-refractivity contribution is 8.00. The number of anilines is 2. The largest absolute Gasteiger partial charge is 0.399 e. The lowest BCUT2D eigenvalue weighted by molar-refractivity contribution is -0.116. The minimum atomic E-state index is -0.0165. The molecular weight excluding hydrogens is 284 g/mol. The van der Waals surface area contributed by atoms with Gasteiger partial charge in [0.05, 0.1) is 29.2 Å². The fraction of sp³-hybridized carbons (Fsp3) is 0.462. The number of carbonyl (C=O) groups is 1. The van der Waals surface area contributed by atoms with Crippen molar-refractivity contribution < 1.29 is 9.53 Å². The molecule has 104 valence electrons. The number of hydrogen-bond acceptors (Lipinski definition) is 4. The van der Waals surface area contributed by atoms with E-state index in [1.165, 1.54) is 0 Å². The van der Waals surface area contributed by atoms with E-state index in [1.54, 1.807) is 18.2 Å². The van der Waals surface area contributed by atoms with Gasteiger partial charge in [0.15, 0.2) is 0 Å². The van der Waals surface area contributed by atoms with Crippen LogP contribution in [-0.2, 0) is 9.53 Å². The number of rotatable bonds is 6. The van der Waals surface area contributed by atoms with Crippen molar-refractivity contribution in [1.82, 2.24) is 0 Å². The van der Waals surface area contributed by atoms with Crippen molar-refractivity contribution in [2.75, 3.05) is 30.0 Å². The molecule has 1 aliphatic heterocycles. The van der Waals surface area contributed by atoms with Crippen LogP contribution >= 0.6 is 23.4 Å². The summed E-state index contributed by atoms with van der Waals surface area (Å²) in [4.78, 5) is 11.7. The van der Waals surface area contributed by atoms with Crippen LogP contribution in [0.1, 0.15) is 12.8 Å². The lowest BCUT2D eigenvalue weighted by Gasteiger charge is -2.25. The van der Waals surface area contributed by atoms with Gasteiger partial charge in [0, 0.05) is 12.1 Å². The first-order chi connectivity index (χ1) is 9.15. The summed E-state index contributed by atoms with van der Waals surface area (Å²) in [6.07, 6.45) is 1.36. The lowest BCUT2D eigenvalue weighted by Crippen LogP contribution is -2.30. The molecule has 1 aromatic carbocycles. The third kappa shape index (κ3) is 4.60. The molecule has 19 heavy (non-hydrogen) atoms. The average molecular weight is 301 g/mol. The van der Waals surface area contributed by atoms with Gasteiger partial charge >= 0.3 is 0 Å². The molecular formula is C13H17ClN2O2S. The number of benzene rings is 1. The van der Waals surface area contributed by atoms with Gasteiger partial charge in [-0.2, -0.15) is 11.8 Å². The summed E-state index contributed by atoms with van der Waals surface area (Å²) in [6, 6.07) is 5.06. The van der Waals surface area contributed by atoms with Gasteiger partial charge in [-0.25, -0.2) is 0 Å². The second-order valence-corrected chi connectivity index (χ2v) is 6.24. The van der Waals surface area contributed by atoms with Gasteiger partial charge in [-0.3, -0.25) is 4.79 Å². The van der Waals surface area contributed by atoms with Crippen LogP contribution in [0.3, 0.4) is 0 Å². The fourth-order valence-corrected chi connectivity index (χ4v) is 2.90. The summed E-state index contributed by atoms with van der Waals surface area (Å²) in [6.45, 7) is 1.69. The van der Waals surface area contributed by atoms with Crippen LogP contribution < -0.4 is 11.1 Å². The Morgan fingerprint density at radius 3 is 2.95 bits per heavy atom. The predicted molar refractivity (Wildman–Crippen MR) is 80.8 cm³/mol. The van der Waals surface area contributed by atoms with Gasteiger partial charge in [-0.05, 0) is 30.4 Å². The Morgan fingerprint density at radius 2 is 2.32 bits per heavy atom. The quantitative estimate of drug-likeness (QED) is 0.626. The highest BCUT2D eigenvalue weighted by Gasteiger charge is 2.18. The number of halogens is 1. The standard InChI is InChI=1S/C13H17ClN2O2S/c14-11-6-9(15)3-4-12(11)16-13(17)2-1-5-19-10-7-18-8-10/h3-4,6,10H,1-2,5,7-8,15H2,(H,16,17). The topological polar surface area (TPSA) is 64.3 Å². The predicted octanol–water partition coefficient (Wildman–Crippen LogP) is 2.77. The lowest BCUT2D eigenvalue weighted by atomic mass is 10.2. The van der Waals surface area contributed by atoms with E-state index in [9.17, 15) is 4.79 Å². The van der Waals surface area contributed by atoms with Crippen molar-refractivity contribution in [3.8, 4) is 0 Å². The van der Waals surface area contributed by atoms with Gasteiger partial charge in [0.2, 0.25) is 5.91 Å². The van der Waals surface area contributed by atoms with Crippen LogP contribution in [0, 0.1) is 0 Å². The van der Waals surface area contributed by atoms with Crippen molar-refractivity contribution in [2.45, 2.75) is 18.1 Å². The van der Waals surface area contributed by atoms with Crippen molar-refractivity contribution >= 4 is 40.6 Å². The van der Waals surface area contributed by atoms with Gasteiger partial charge < -0.3 is 15.8 Å². The van der Waals surface area contributed by atoms with Crippen molar-refractivity contribution in [3.05, 3.63) is 23.2 Å². The molecule has 0 aliphatic carbocycles. The van der Waals surface area contributed by atoms with Gasteiger partial charge in [-0.1, -0.05) is 11.6 Å². The summed E-state index contributed by atoms with van der Waals surface area (Å²) < 4.78 is 5.09. The van der Waals surface area contributed by atoms with E-state index in [0.29, 0.717) is 28.1 Å². The molecule has 3 N–H and O–H groups in total. The van der Waals surface area contributed by atoms with Crippen molar-refractivity contribution in [2.24, 2.45) is 0 Å². The summed E-state index contributed by atoms with van der Waals surface area (Å²) in [5.74, 6) is 0.967. The van der Waals surface area contributed by atoms with Crippen molar-refractivity contribution in [3.63, 3.8) is 0 Å². The molecule has 1 fully saturated rings. The number of thioether (sulfide) groups is 1. The number of carbonyl (C=O) groups excluding carboxylic acids is 1. The zero-order valence-corrected chi connectivity index (χ0v) is 12.1. The molecule has 0 unspecified atom stereocenters. The van der Waals surface area contributed by atoms with Crippen LogP contribution in [0.2, 0.25) is 5.02 Å². The molecule has 1 saturated heterocycles. The normalized spacial score (nSPS) is 15.0. The maximum Gasteiger partial charge on any atom is 0.224 e. The Kier molecular flexibility index (Phi) is 5.36. The van der Waals surface area contributed by atoms with Crippen molar-refractivity contribution in [1.29, 1.82) is 0 Å². The monoisotopic (exact) mass is 300 g/mol. The first kappa shape index (κ1) is 14.5. The molecule has 4 nitrogen and oxygen atoms in total. The summed E-state index contributed by atoms with van der Waals surface area (Å²) in [5, 5.41) is 3.88. The number of nitrogens with two attached hydrogens (primary N) is 1. The van der Waals surface area contributed by atoms with E-state index in [4.69, 9.17) is 22.1 Å². The van der Waals surface area contributed by atoms with E-state index in [1.807, 2.05) is 11.8 Å². The van der Waals surface area contributed by atoms with Crippen LogP contribution in [0.4, 0.5) is 11.4 Å². The Bertz CT molecular complexity index is 452. The molecule has 6 heteroatoms. The summed E-state index contributed by atoms with van der Waals surface area (Å²) >= 11 is 7.86. The zero-order valence-electron chi connectivity index (χ0n) is 10.5. The molecule has 0 bridgehead atoms. The van der Waals surface area contributed by atoms with E-state index < -0.39 is 0 Å². The molecule has 1 aliphatic rings. The molecule has 0 saturated carbocycles. The second kappa shape index (κ2) is 7.03. The van der Waals surface area contributed by atoms with E-state index in [-0.39, 0.29) is 5.91 Å². The molecule has 2 rings (SSSR count). The zero-order chi connectivity index (χ0) is 13.7. The Labute approximate surface area is 122 Å².